The Morgan fingerprint density at radius 1 is 1.10 bits per heavy atom. The summed E-state index contributed by atoms with van der Waals surface area (Å²) in [4.78, 5) is 4.22. The molecule has 0 bridgehead atoms. The van der Waals surface area contributed by atoms with Gasteiger partial charge in [-0.25, -0.2) is 12.8 Å². The molecule has 2 aromatic rings. The SMILES string of the molecule is CN=C(NCc1ccccc1NS(C)(=O)=O)NCC1(c2ccccc2F)CC1.I. The van der Waals surface area contributed by atoms with E-state index in [2.05, 4.69) is 20.3 Å². The Morgan fingerprint density at radius 2 is 1.76 bits per heavy atom. The fourth-order valence-electron chi connectivity index (χ4n) is 3.21. The molecule has 0 atom stereocenters. The van der Waals surface area contributed by atoms with Gasteiger partial charge >= 0.3 is 0 Å². The first-order chi connectivity index (χ1) is 13.3. The lowest BCUT2D eigenvalue weighted by Crippen LogP contribution is -2.41. The molecule has 0 unspecified atom stereocenters. The summed E-state index contributed by atoms with van der Waals surface area (Å²) in [5, 5.41) is 6.46. The Labute approximate surface area is 188 Å². The molecule has 0 saturated heterocycles. The molecule has 0 radical (unpaired) electrons. The van der Waals surface area contributed by atoms with Crippen LogP contribution in [0.1, 0.15) is 24.0 Å². The third kappa shape index (κ3) is 6.30. The van der Waals surface area contributed by atoms with Crippen LogP contribution in [0, 0.1) is 5.82 Å². The minimum atomic E-state index is -3.36. The molecule has 29 heavy (non-hydrogen) atoms. The van der Waals surface area contributed by atoms with E-state index in [0.29, 0.717) is 24.7 Å². The van der Waals surface area contributed by atoms with Crippen molar-refractivity contribution in [2.75, 3.05) is 24.6 Å². The highest BCUT2D eigenvalue weighted by Gasteiger charge is 2.45. The Morgan fingerprint density at radius 3 is 2.38 bits per heavy atom. The zero-order valence-electron chi connectivity index (χ0n) is 16.4. The number of nitrogens with zero attached hydrogens (tertiary/aromatic N) is 1. The van der Waals surface area contributed by atoms with Gasteiger partial charge in [0, 0.05) is 25.6 Å². The molecule has 1 aliphatic carbocycles. The second kappa shape index (κ2) is 9.75. The second-order valence-corrected chi connectivity index (χ2v) is 8.82. The molecule has 1 fully saturated rings. The van der Waals surface area contributed by atoms with Crippen LogP contribution in [0.3, 0.4) is 0 Å². The van der Waals surface area contributed by atoms with Gasteiger partial charge in [-0.3, -0.25) is 9.71 Å². The van der Waals surface area contributed by atoms with Gasteiger partial charge in [-0.05, 0) is 36.1 Å². The molecule has 158 valence electrons. The van der Waals surface area contributed by atoms with E-state index >= 15 is 0 Å². The third-order valence-corrected chi connectivity index (χ3v) is 5.47. The Kier molecular flexibility index (Phi) is 7.87. The molecule has 9 heteroatoms. The molecule has 0 spiro atoms. The average molecular weight is 532 g/mol. The number of rotatable bonds is 7. The molecule has 6 nitrogen and oxygen atoms in total. The van der Waals surface area contributed by atoms with Gasteiger partial charge in [0.1, 0.15) is 5.82 Å². The number of para-hydroxylation sites is 1. The summed E-state index contributed by atoms with van der Waals surface area (Å²) in [7, 11) is -1.69. The summed E-state index contributed by atoms with van der Waals surface area (Å²) < 4.78 is 39.7. The minimum absolute atomic E-state index is 0. The molecule has 0 aliphatic heterocycles. The number of hydrogen-bond donors (Lipinski definition) is 3. The number of nitrogens with one attached hydrogen (secondary N) is 3. The molecule has 3 N–H and O–H groups in total. The smallest absolute Gasteiger partial charge is 0.229 e. The topological polar surface area (TPSA) is 82.6 Å². The number of sulfonamides is 1. The normalized spacial score (nSPS) is 15.2. The Hall–Kier alpha value is -1.88. The number of aliphatic imine (C=N–C) groups is 1. The lowest BCUT2D eigenvalue weighted by molar-refractivity contribution is 0.559. The van der Waals surface area contributed by atoms with Gasteiger partial charge in [0.15, 0.2) is 5.96 Å². The molecule has 1 aliphatic rings. The highest BCUT2D eigenvalue weighted by atomic mass is 127. The van der Waals surface area contributed by atoms with Gasteiger partial charge in [0.05, 0.1) is 11.9 Å². The van der Waals surface area contributed by atoms with Crippen molar-refractivity contribution < 1.29 is 12.8 Å². The van der Waals surface area contributed by atoms with E-state index in [9.17, 15) is 12.8 Å². The molecule has 1 saturated carbocycles. The van der Waals surface area contributed by atoms with E-state index in [-0.39, 0.29) is 35.2 Å². The van der Waals surface area contributed by atoms with Crippen LogP contribution < -0.4 is 15.4 Å². The predicted molar refractivity (Wildman–Crippen MR) is 126 cm³/mol. The maximum Gasteiger partial charge on any atom is 0.229 e. The zero-order chi connectivity index (χ0) is 20.2. The molecule has 0 aromatic heterocycles. The first-order valence-corrected chi connectivity index (χ1v) is 11.0. The summed E-state index contributed by atoms with van der Waals surface area (Å²) in [6, 6.07) is 14.1. The monoisotopic (exact) mass is 532 g/mol. The highest BCUT2D eigenvalue weighted by Crippen LogP contribution is 2.48. The van der Waals surface area contributed by atoms with E-state index in [1.165, 1.54) is 6.07 Å². The van der Waals surface area contributed by atoms with Crippen molar-refractivity contribution >= 4 is 45.6 Å². The molecular weight excluding hydrogens is 506 g/mol. The molecule has 0 heterocycles. The van der Waals surface area contributed by atoms with Gasteiger partial charge in [-0.15, -0.1) is 24.0 Å². The summed E-state index contributed by atoms with van der Waals surface area (Å²) in [6.45, 7) is 0.974. The fourth-order valence-corrected chi connectivity index (χ4v) is 3.81. The maximum absolute atomic E-state index is 14.2. The highest BCUT2D eigenvalue weighted by molar-refractivity contribution is 14.0. The number of hydrogen-bond acceptors (Lipinski definition) is 3. The van der Waals surface area contributed by atoms with Crippen LogP contribution in [0.2, 0.25) is 0 Å². The lowest BCUT2D eigenvalue weighted by Gasteiger charge is -2.20. The van der Waals surface area contributed by atoms with Crippen molar-refractivity contribution in [3.63, 3.8) is 0 Å². The predicted octanol–water partition coefficient (Wildman–Crippen LogP) is 3.21. The van der Waals surface area contributed by atoms with Crippen molar-refractivity contribution in [1.29, 1.82) is 0 Å². The van der Waals surface area contributed by atoms with Crippen molar-refractivity contribution in [1.82, 2.24) is 10.6 Å². The number of guanidine groups is 1. The van der Waals surface area contributed by atoms with Crippen molar-refractivity contribution in [2.45, 2.75) is 24.8 Å². The van der Waals surface area contributed by atoms with Gasteiger partial charge < -0.3 is 10.6 Å². The summed E-state index contributed by atoms with van der Waals surface area (Å²) in [5.74, 6) is 0.405. The Bertz CT molecular complexity index is 978. The van der Waals surface area contributed by atoms with Crippen LogP contribution in [-0.4, -0.2) is 34.2 Å². The largest absolute Gasteiger partial charge is 0.356 e. The summed E-state index contributed by atoms with van der Waals surface area (Å²) >= 11 is 0. The molecule has 2 aromatic carbocycles. The van der Waals surface area contributed by atoms with Crippen molar-refractivity contribution in [3.8, 4) is 0 Å². The summed E-state index contributed by atoms with van der Waals surface area (Å²) in [5.41, 5.74) is 1.86. The lowest BCUT2D eigenvalue weighted by atomic mass is 9.95. The van der Waals surface area contributed by atoms with E-state index < -0.39 is 10.0 Å². The first-order valence-electron chi connectivity index (χ1n) is 9.08. The van der Waals surface area contributed by atoms with E-state index in [1.807, 2.05) is 24.3 Å². The zero-order valence-corrected chi connectivity index (χ0v) is 19.6. The van der Waals surface area contributed by atoms with E-state index in [4.69, 9.17) is 0 Å². The van der Waals surface area contributed by atoms with Crippen LogP contribution in [0.25, 0.3) is 0 Å². The van der Waals surface area contributed by atoms with Crippen molar-refractivity contribution in [2.24, 2.45) is 4.99 Å². The number of benzene rings is 2. The average Bonchev–Trinajstić information content (AvgIpc) is 3.43. The fraction of sp³-hybridized carbons (Fsp3) is 0.350. The van der Waals surface area contributed by atoms with Gasteiger partial charge in [-0.2, -0.15) is 0 Å². The van der Waals surface area contributed by atoms with Gasteiger partial charge in [0.2, 0.25) is 10.0 Å². The molecule has 3 rings (SSSR count). The third-order valence-electron chi connectivity index (χ3n) is 4.88. The second-order valence-electron chi connectivity index (χ2n) is 7.07. The Balaban J connectivity index is 0.00000300. The standard InChI is InChI=1S/C20H25FN4O2S.HI/c1-22-19(23-13-15-7-3-6-10-18(15)25-28(2,26)27)24-14-20(11-12-20)16-8-4-5-9-17(16)21;/h3-10,25H,11-14H2,1-2H3,(H2,22,23,24);1H. The first kappa shape index (κ1) is 23.4. The number of anilines is 1. The van der Waals surface area contributed by atoms with Gasteiger partial charge in [-0.1, -0.05) is 36.4 Å². The van der Waals surface area contributed by atoms with Crippen LogP contribution in [-0.2, 0) is 22.0 Å². The van der Waals surface area contributed by atoms with E-state index in [1.54, 1.807) is 25.2 Å². The van der Waals surface area contributed by atoms with Crippen molar-refractivity contribution in [3.05, 3.63) is 65.5 Å². The van der Waals surface area contributed by atoms with Crippen LogP contribution in [0.4, 0.5) is 10.1 Å². The van der Waals surface area contributed by atoms with Crippen LogP contribution in [0.15, 0.2) is 53.5 Å². The van der Waals surface area contributed by atoms with Gasteiger partial charge in [0.25, 0.3) is 0 Å². The van der Waals surface area contributed by atoms with E-state index in [0.717, 1.165) is 30.2 Å². The quantitative estimate of drug-likeness (QED) is 0.291. The molecule has 0 amide bonds. The maximum atomic E-state index is 14.2. The van der Waals surface area contributed by atoms with Crippen LogP contribution in [0.5, 0.6) is 0 Å². The molecular formula is C20H26FIN4O2S. The van der Waals surface area contributed by atoms with Crippen LogP contribution >= 0.6 is 24.0 Å². The number of halogens is 2. The summed E-state index contributed by atoms with van der Waals surface area (Å²) in [6.07, 6.45) is 2.98. The minimum Gasteiger partial charge on any atom is -0.356 e.